The molecule has 0 amide bonds. The number of aromatic nitrogens is 2. The third-order valence-corrected chi connectivity index (χ3v) is 2.63. The number of rotatable bonds is 3. The number of nitrogens with zero attached hydrogens (tertiary/aromatic N) is 2. The lowest BCUT2D eigenvalue weighted by Gasteiger charge is -2.04. The largest absolute Gasteiger partial charge is 0.383 e. The monoisotopic (exact) mass is 238 g/mol. The zero-order valence-electron chi connectivity index (χ0n) is 9.74. The van der Waals surface area contributed by atoms with Crippen LogP contribution in [0, 0.1) is 0 Å². The van der Waals surface area contributed by atoms with E-state index in [9.17, 15) is 9.59 Å². The third kappa shape index (κ3) is 2.14. The molecular weight excluding hydrogens is 224 g/mol. The third-order valence-electron chi connectivity index (χ3n) is 2.63. The van der Waals surface area contributed by atoms with Gasteiger partial charge in [0, 0.05) is 20.6 Å². The van der Waals surface area contributed by atoms with E-state index in [0.29, 0.717) is 36.8 Å². The van der Waals surface area contributed by atoms with Crippen molar-refractivity contribution in [3.05, 3.63) is 26.4 Å². The van der Waals surface area contributed by atoms with Gasteiger partial charge < -0.3 is 10.1 Å². The number of hydrogen-bond acceptors (Lipinski definition) is 4. The standard InChI is InChI=1S/C10H14N4O3/c1-14-8-6(9(15)13-10(14)16)5-7(12-8)11-3-4-17-2/h3-5H2,1-2H3,(H,11,12)(H,13,15,16). The molecule has 7 heteroatoms. The van der Waals surface area contributed by atoms with Crippen molar-refractivity contribution in [3.63, 3.8) is 0 Å². The van der Waals surface area contributed by atoms with Gasteiger partial charge in [-0.05, 0) is 0 Å². The Bertz CT molecular complexity index is 570. The molecule has 1 aliphatic heterocycles. The summed E-state index contributed by atoms with van der Waals surface area (Å²) in [5, 5.41) is 2.98. The summed E-state index contributed by atoms with van der Waals surface area (Å²) in [4.78, 5) is 29.5. The van der Waals surface area contributed by atoms with Crippen LogP contribution >= 0.6 is 0 Å². The molecule has 0 aliphatic carbocycles. The van der Waals surface area contributed by atoms with Gasteiger partial charge in [0.2, 0.25) is 0 Å². The molecule has 2 rings (SSSR count). The first-order chi connectivity index (χ1) is 8.13. The number of H-pyrrole nitrogens is 1. The molecule has 17 heavy (non-hydrogen) atoms. The fourth-order valence-corrected chi connectivity index (χ4v) is 1.71. The van der Waals surface area contributed by atoms with E-state index >= 15 is 0 Å². The molecule has 0 aromatic carbocycles. The van der Waals surface area contributed by atoms with Crippen molar-refractivity contribution in [3.8, 4) is 0 Å². The quantitative estimate of drug-likeness (QED) is 0.667. The molecule has 0 saturated carbocycles. The second kappa shape index (κ2) is 4.54. The topological polar surface area (TPSA) is 88.5 Å². The van der Waals surface area contributed by atoms with Crippen LogP contribution in [0.2, 0.25) is 0 Å². The van der Waals surface area contributed by atoms with E-state index in [-0.39, 0.29) is 5.56 Å². The van der Waals surface area contributed by atoms with Crippen molar-refractivity contribution in [2.24, 2.45) is 12.0 Å². The maximum Gasteiger partial charge on any atom is 0.329 e. The Balaban J connectivity index is 2.31. The fourth-order valence-electron chi connectivity index (χ4n) is 1.71. The number of aliphatic imine (C=N–C) groups is 1. The summed E-state index contributed by atoms with van der Waals surface area (Å²) < 4.78 is 6.26. The Morgan fingerprint density at radius 1 is 1.47 bits per heavy atom. The summed E-state index contributed by atoms with van der Waals surface area (Å²) in [6.45, 7) is 1.05. The van der Waals surface area contributed by atoms with Gasteiger partial charge in [-0.25, -0.2) is 4.79 Å². The number of aromatic amines is 1. The van der Waals surface area contributed by atoms with Crippen LogP contribution in [-0.4, -0.2) is 35.6 Å². The first kappa shape index (κ1) is 11.6. The molecule has 1 aliphatic rings. The highest BCUT2D eigenvalue weighted by Crippen LogP contribution is 2.16. The summed E-state index contributed by atoms with van der Waals surface area (Å²) in [5.74, 6) is 1.21. The maximum atomic E-state index is 11.6. The molecule has 0 spiro atoms. The Morgan fingerprint density at radius 3 is 2.94 bits per heavy atom. The normalized spacial score (nSPS) is 16.0. The van der Waals surface area contributed by atoms with Crippen LogP contribution < -0.4 is 16.6 Å². The van der Waals surface area contributed by atoms with Crippen molar-refractivity contribution in [1.29, 1.82) is 0 Å². The lowest BCUT2D eigenvalue weighted by molar-refractivity contribution is 0.208. The minimum absolute atomic E-state index is 0.354. The number of nitrogens with one attached hydrogen (secondary N) is 2. The highest BCUT2D eigenvalue weighted by Gasteiger charge is 2.22. The minimum Gasteiger partial charge on any atom is -0.383 e. The van der Waals surface area contributed by atoms with Crippen LogP contribution in [0.3, 0.4) is 0 Å². The summed E-state index contributed by atoms with van der Waals surface area (Å²) in [5.41, 5.74) is -0.241. The van der Waals surface area contributed by atoms with Gasteiger partial charge in [-0.2, -0.15) is 0 Å². The molecule has 0 fully saturated rings. The van der Waals surface area contributed by atoms with E-state index in [1.165, 1.54) is 4.57 Å². The van der Waals surface area contributed by atoms with E-state index in [2.05, 4.69) is 15.3 Å². The Labute approximate surface area is 97.1 Å². The number of fused-ring (bicyclic) bond motifs is 1. The zero-order chi connectivity index (χ0) is 12.4. The van der Waals surface area contributed by atoms with Crippen molar-refractivity contribution in [1.82, 2.24) is 9.55 Å². The number of amidine groups is 1. The molecular formula is C10H14N4O3. The number of ether oxygens (including phenoxy) is 1. The van der Waals surface area contributed by atoms with Gasteiger partial charge in [0.25, 0.3) is 5.56 Å². The first-order valence-electron chi connectivity index (χ1n) is 5.25. The van der Waals surface area contributed by atoms with Crippen LogP contribution in [0.25, 0.3) is 0 Å². The van der Waals surface area contributed by atoms with Crippen LogP contribution in [0.4, 0.5) is 5.82 Å². The highest BCUT2D eigenvalue weighted by molar-refractivity contribution is 6.01. The first-order valence-corrected chi connectivity index (χ1v) is 5.25. The summed E-state index contributed by atoms with van der Waals surface area (Å²) in [6.07, 6.45) is 0.419. The van der Waals surface area contributed by atoms with Crippen LogP contribution in [0.15, 0.2) is 14.6 Å². The molecule has 0 atom stereocenters. The smallest absolute Gasteiger partial charge is 0.329 e. The van der Waals surface area contributed by atoms with Gasteiger partial charge in [-0.15, -0.1) is 0 Å². The average molecular weight is 238 g/mol. The molecule has 1 aromatic rings. The molecule has 2 heterocycles. The predicted octanol–water partition coefficient (Wildman–Crippen LogP) is -0.913. The number of anilines is 1. The van der Waals surface area contributed by atoms with Gasteiger partial charge in [0.15, 0.2) is 0 Å². The van der Waals surface area contributed by atoms with Crippen LogP contribution in [0.5, 0.6) is 0 Å². The Hall–Kier alpha value is -1.89. The van der Waals surface area contributed by atoms with Gasteiger partial charge >= 0.3 is 5.69 Å². The lowest BCUT2D eigenvalue weighted by atomic mass is 10.2. The molecule has 92 valence electrons. The summed E-state index contributed by atoms with van der Waals surface area (Å²) in [7, 11) is 3.20. The second-order valence-corrected chi connectivity index (χ2v) is 3.77. The fraction of sp³-hybridized carbons (Fsp3) is 0.500. The average Bonchev–Trinajstić information content (AvgIpc) is 2.71. The van der Waals surface area contributed by atoms with Gasteiger partial charge in [-0.3, -0.25) is 19.3 Å². The molecule has 7 nitrogen and oxygen atoms in total. The Morgan fingerprint density at radius 2 is 2.24 bits per heavy atom. The van der Waals surface area contributed by atoms with Gasteiger partial charge in [-0.1, -0.05) is 0 Å². The number of hydrogen-bond donors (Lipinski definition) is 2. The van der Waals surface area contributed by atoms with Gasteiger partial charge in [0.1, 0.15) is 11.7 Å². The van der Waals surface area contributed by atoms with E-state index in [1.807, 2.05) is 0 Å². The van der Waals surface area contributed by atoms with Crippen LogP contribution in [-0.2, 0) is 18.2 Å². The summed E-state index contributed by atoms with van der Waals surface area (Å²) in [6, 6.07) is 0. The molecule has 0 radical (unpaired) electrons. The second-order valence-electron chi connectivity index (χ2n) is 3.77. The van der Waals surface area contributed by atoms with Gasteiger partial charge in [0.05, 0.1) is 18.7 Å². The predicted molar refractivity (Wildman–Crippen MR) is 63.8 cm³/mol. The molecule has 2 N–H and O–H groups in total. The van der Waals surface area contributed by atoms with Crippen molar-refractivity contribution < 1.29 is 4.74 Å². The van der Waals surface area contributed by atoms with Crippen LogP contribution in [0.1, 0.15) is 5.56 Å². The zero-order valence-corrected chi connectivity index (χ0v) is 9.74. The van der Waals surface area contributed by atoms with Crippen molar-refractivity contribution in [2.75, 3.05) is 25.6 Å². The lowest BCUT2D eigenvalue weighted by Crippen LogP contribution is -2.30. The molecule has 0 saturated heterocycles. The molecule has 0 unspecified atom stereocenters. The number of methoxy groups -OCH3 is 1. The van der Waals surface area contributed by atoms with E-state index in [1.54, 1.807) is 14.2 Å². The molecule has 0 bridgehead atoms. The van der Waals surface area contributed by atoms with E-state index in [0.717, 1.165) is 0 Å². The molecule has 1 aromatic heterocycles. The van der Waals surface area contributed by atoms with Crippen molar-refractivity contribution >= 4 is 11.7 Å². The van der Waals surface area contributed by atoms with E-state index in [4.69, 9.17) is 4.74 Å². The maximum absolute atomic E-state index is 11.6. The van der Waals surface area contributed by atoms with Crippen molar-refractivity contribution in [2.45, 2.75) is 6.42 Å². The highest BCUT2D eigenvalue weighted by atomic mass is 16.5. The SMILES string of the molecule is COCCN=C1Cc2c(n(C)c(=O)[nH]c2=O)N1. The minimum atomic E-state index is -0.431. The Kier molecular flexibility index (Phi) is 3.10. The van der Waals surface area contributed by atoms with E-state index < -0.39 is 5.69 Å². The summed E-state index contributed by atoms with van der Waals surface area (Å²) >= 11 is 0.